The summed E-state index contributed by atoms with van der Waals surface area (Å²) in [5.74, 6) is 0.784. The summed E-state index contributed by atoms with van der Waals surface area (Å²) in [5.41, 5.74) is 7.36. The van der Waals surface area contributed by atoms with Gasteiger partial charge in [-0.1, -0.05) is 60.7 Å². The van der Waals surface area contributed by atoms with Gasteiger partial charge < -0.3 is 9.47 Å². The van der Waals surface area contributed by atoms with Crippen molar-refractivity contribution < 1.29 is 14.3 Å². The Morgan fingerprint density at radius 1 is 0.892 bits per heavy atom. The van der Waals surface area contributed by atoms with Crippen LogP contribution in [0.3, 0.4) is 0 Å². The number of aryl methyl sites for hydroxylation is 1. The number of carbonyl (C=O) groups excluding carboxylic acids is 1. The number of nitrogens with zero attached hydrogens (tertiary/aromatic N) is 3. The SMILES string of the molecule is COc1ccc(/C=N\NC(=O)c2cc(-c3cccc4ccccc34)n(-c3ccccc3C)n2)cc1OC. The monoisotopic (exact) mass is 490 g/mol. The van der Waals surface area contributed by atoms with Gasteiger partial charge in [-0.05, 0) is 59.2 Å². The van der Waals surface area contributed by atoms with E-state index in [9.17, 15) is 4.79 Å². The second-order valence-electron chi connectivity index (χ2n) is 8.45. The maximum absolute atomic E-state index is 13.1. The molecular weight excluding hydrogens is 464 g/mol. The third-order valence-corrected chi connectivity index (χ3v) is 6.14. The summed E-state index contributed by atoms with van der Waals surface area (Å²) >= 11 is 0. The lowest BCUT2D eigenvalue weighted by Gasteiger charge is -2.12. The molecule has 0 fully saturated rings. The van der Waals surface area contributed by atoms with Crippen LogP contribution in [0, 0.1) is 6.92 Å². The molecule has 1 N–H and O–H groups in total. The van der Waals surface area contributed by atoms with Gasteiger partial charge in [-0.15, -0.1) is 0 Å². The highest BCUT2D eigenvalue weighted by molar-refractivity contribution is 5.99. The van der Waals surface area contributed by atoms with E-state index in [4.69, 9.17) is 14.6 Å². The first-order chi connectivity index (χ1) is 18.1. The number of ether oxygens (including phenoxy) is 2. The first-order valence-electron chi connectivity index (χ1n) is 11.8. The van der Waals surface area contributed by atoms with E-state index < -0.39 is 5.91 Å². The van der Waals surface area contributed by atoms with Gasteiger partial charge in [0.2, 0.25) is 0 Å². The van der Waals surface area contributed by atoms with Gasteiger partial charge in [0.15, 0.2) is 17.2 Å². The number of benzene rings is 4. The van der Waals surface area contributed by atoms with E-state index in [1.807, 2.05) is 66.2 Å². The van der Waals surface area contributed by atoms with Crippen molar-refractivity contribution in [2.24, 2.45) is 5.10 Å². The number of fused-ring (bicyclic) bond motifs is 1. The second-order valence-corrected chi connectivity index (χ2v) is 8.45. The molecule has 4 aromatic carbocycles. The summed E-state index contributed by atoms with van der Waals surface area (Å²) in [6, 6.07) is 29.5. The fourth-order valence-electron chi connectivity index (χ4n) is 4.27. The van der Waals surface area contributed by atoms with Crippen molar-refractivity contribution in [1.82, 2.24) is 15.2 Å². The molecule has 37 heavy (non-hydrogen) atoms. The number of amides is 1. The lowest BCUT2D eigenvalue weighted by Crippen LogP contribution is -2.18. The van der Waals surface area contributed by atoms with Crippen molar-refractivity contribution in [2.75, 3.05) is 14.2 Å². The van der Waals surface area contributed by atoms with Gasteiger partial charge in [0.1, 0.15) is 0 Å². The van der Waals surface area contributed by atoms with Crippen LogP contribution in [0.2, 0.25) is 0 Å². The van der Waals surface area contributed by atoms with Gasteiger partial charge >= 0.3 is 0 Å². The fraction of sp³-hybridized carbons (Fsp3) is 0.100. The maximum atomic E-state index is 13.1. The van der Waals surface area contributed by atoms with Crippen molar-refractivity contribution in [2.45, 2.75) is 6.92 Å². The third kappa shape index (κ3) is 4.79. The number of nitrogens with one attached hydrogen (secondary N) is 1. The second kappa shape index (κ2) is 10.4. The largest absolute Gasteiger partial charge is 0.493 e. The smallest absolute Gasteiger partial charge is 0.291 e. The first kappa shape index (κ1) is 23.8. The molecule has 0 saturated heterocycles. The first-order valence-corrected chi connectivity index (χ1v) is 11.8. The number of hydrogen-bond donors (Lipinski definition) is 1. The van der Waals surface area contributed by atoms with E-state index in [1.165, 1.54) is 0 Å². The van der Waals surface area contributed by atoms with Crippen LogP contribution in [0.15, 0.2) is 96.1 Å². The van der Waals surface area contributed by atoms with Crippen molar-refractivity contribution in [3.05, 3.63) is 108 Å². The van der Waals surface area contributed by atoms with Gasteiger partial charge in [-0.2, -0.15) is 10.2 Å². The Labute approximate surface area is 215 Å². The highest BCUT2D eigenvalue weighted by Crippen LogP contribution is 2.32. The molecule has 7 heteroatoms. The lowest BCUT2D eigenvalue weighted by atomic mass is 10.0. The predicted molar refractivity (Wildman–Crippen MR) is 146 cm³/mol. The molecule has 0 aliphatic carbocycles. The molecule has 5 rings (SSSR count). The minimum atomic E-state index is -0.412. The number of hydrazone groups is 1. The summed E-state index contributed by atoms with van der Waals surface area (Å²) in [6.45, 7) is 2.02. The molecule has 0 spiro atoms. The van der Waals surface area contributed by atoms with Gasteiger partial charge in [-0.25, -0.2) is 10.1 Å². The molecule has 0 unspecified atom stereocenters. The van der Waals surface area contributed by atoms with Gasteiger partial charge in [0.25, 0.3) is 5.91 Å². The van der Waals surface area contributed by atoms with Crippen LogP contribution in [0.5, 0.6) is 11.5 Å². The molecule has 1 heterocycles. The molecule has 0 bridgehead atoms. The van der Waals surface area contributed by atoms with Crippen LogP contribution in [0.1, 0.15) is 21.6 Å². The van der Waals surface area contributed by atoms with Gasteiger partial charge in [0, 0.05) is 5.56 Å². The van der Waals surface area contributed by atoms with E-state index in [0.717, 1.165) is 38.8 Å². The van der Waals surface area contributed by atoms with Crippen LogP contribution < -0.4 is 14.9 Å². The Balaban J connectivity index is 1.50. The van der Waals surface area contributed by atoms with E-state index in [1.54, 1.807) is 38.6 Å². The van der Waals surface area contributed by atoms with E-state index in [2.05, 4.69) is 28.7 Å². The highest BCUT2D eigenvalue weighted by atomic mass is 16.5. The quantitative estimate of drug-likeness (QED) is 0.232. The Morgan fingerprint density at radius 2 is 1.65 bits per heavy atom. The fourth-order valence-corrected chi connectivity index (χ4v) is 4.27. The number of methoxy groups -OCH3 is 2. The summed E-state index contributed by atoms with van der Waals surface area (Å²) < 4.78 is 12.4. The lowest BCUT2D eigenvalue weighted by molar-refractivity contribution is 0.0949. The Hall–Kier alpha value is -4.91. The summed E-state index contributed by atoms with van der Waals surface area (Å²) in [5, 5.41) is 11.0. The predicted octanol–water partition coefficient (Wildman–Crippen LogP) is 5.78. The topological polar surface area (TPSA) is 77.7 Å². The van der Waals surface area contributed by atoms with Gasteiger partial charge in [-0.3, -0.25) is 4.79 Å². The van der Waals surface area contributed by atoms with Crippen LogP contribution in [0.4, 0.5) is 0 Å². The molecule has 1 aromatic heterocycles. The van der Waals surface area contributed by atoms with Crippen LogP contribution in [-0.2, 0) is 0 Å². The molecule has 0 aliphatic heterocycles. The van der Waals surface area contributed by atoms with Crippen molar-refractivity contribution in [3.63, 3.8) is 0 Å². The normalized spacial score (nSPS) is 11.1. The zero-order valence-electron chi connectivity index (χ0n) is 20.8. The number of aromatic nitrogens is 2. The third-order valence-electron chi connectivity index (χ3n) is 6.14. The molecule has 7 nitrogen and oxygen atoms in total. The minimum Gasteiger partial charge on any atom is -0.493 e. The minimum absolute atomic E-state index is 0.260. The zero-order valence-corrected chi connectivity index (χ0v) is 20.8. The standard InChI is InChI=1S/C30H26N4O3/c1-20-9-4-7-14-26(20)34-27(24-13-8-11-22-10-5-6-12-23(22)24)18-25(33-34)30(35)32-31-19-21-15-16-28(36-2)29(17-21)37-3/h4-19H,1-3H3,(H,32,35)/b31-19-. The van der Waals surface area contributed by atoms with E-state index >= 15 is 0 Å². The number of hydrogen-bond acceptors (Lipinski definition) is 5. The van der Waals surface area contributed by atoms with Crippen LogP contribution >= 0.6 is 0 Å². The summed E-state index contributed by atoms with van der Waals surface area (Å²) in [6.07, 6.45) is 1.55. The Kier molecular flexibility index (Phi) is 6.68. The molecule has 5 aromatic rings. The molecule has 0 radical (unpaired) electrons. The van der Waals surface area contributed by atoms with Gasteiger partial charge in [0.05, 0.1) is 31.8 Å². The number of para-hydroxylation sites is 1. The molecule has 0 atom stereocenters. The average Bonchev–Trinajstić information content (AvgIpc) is 3.38. The Bertz CT molecular complexity index is 1620. The molecular formula is C30H26N4O3. The zero-order chi connectivity index (χ0) is 25.8. The molecule has 0 aliphatic rings. The van der Waals surface area contributed by atoms with E-state index in [-0.39, 0.29) is 5.69 Å². The van der Waals surface area contributed by atoms with Crippen molar-refractivity contribution in [1.29, 1.82) is 0 Å². The number of carbonyl (C=O) groups is 1. The molecule has 184 valence electrons. The summed E-state index contributed by atoms with van der Waals surface area (Å²) in [4.78, 5) is 13.1. The number of rotatable bonds is 7. The van der Waals surface area contributed by atoms with Crippen LogP contribution in [0.25, 0.3) is 27.7 Å². The maximum Gasteiger partial charge on any atom is 0.291 e. The van der Waals surface area contributed by atoms with Crippen molar-refractivity contribution >= 4 is 22.9 Å². The molecule has 0 saturated carbocycles. The van der Waals surface area contributed by atoms with Crippen LogP contribution in [-0.4, -0.2) is 36.1 Å². The van der Waals surface area contributed by atoms with Crippen molar-refractivity contribution in [3.8, 4) is 28.4 Å². The Morgan fingerprint density at radius 3 is 2.46 bits per heavy atom. The highest BCUT2D eigenvalue weighted by Gasteiger charge is 2.19. The molecule has 1 amide bonds. The average molecular weight is 491 g/mol. The van der Waals surface area contributed by atoms with E-state index in [0.29, 0.717) is 11.5 Å². The summed E-state index contributed by atoms with van der Waals surface area (Å²) in [7, 11) is 3.15.